The van der Waals surface area contributed by atoms with E-state index in [9.17, 15) is 14.7 Å². The minimum atomic E-state index is -0.636. The molecule has 0 atom stereocenters. The van der Waals surface area contributed by atoms with Crippen LogP contribution in [0.2, 0.25) is 0 Å². The highest BCUT2D eigenvalue weighted by Gasteiger charge is 2.09. The zero-order valence-electron chi connectivity index (χ0n) is 15.0. The lowest BCUT2D eigenvalue weighted by Gasteiger charge is -2.10. The molecule has 0 saturated carbocycles. The van der Waals surface area contributed by atoms with Gasteiger partial charge in [-0.05, 0) is 42.5 Å². The Labute approximate surface area is 161 Å². The van der Waals surface area contributed by atoms with E-state index in [0.717, 1.165) is 11.3 Å². The summed E-state index contributed by atoms with van der Waals surface area (Å²) in [7, 11) is 0. The Morgan fingerprint density at radius 2 is 1.79 bits per heavy atom. The molecule has 3 aromatic rings. The maximum Gasteiger partial charge on any atom is 0.251 e. The van der Waals surface area contributed by atoms with Crippen molar-refractivity contribution in [2.75, 3.05) is 13.2 Å². The van der Waals surface area contributed by atoms with Crippen molar-refractivity contribution in [1.29, 1.82) is 0 Å². The highest BCUT2D eigenvalue weighted by molar-refractivity contribution is 5.94. The Bertz CT molecular complexity index is 973. The first-order valence-electron chi connectivity index (χ1n) is 8.60. The van der Waals surface area contributed by atoms with Gasteiger partial charge in [-0.1, -0.05) is 18.2 Å². The number of rotatable bonds is 7. The summed E-state index contributed by atoms with van der Waals surface area (Å²) in [5, 5.41) is 12.6. The number of hydrogen-bond acceptors (Lipinski definition) is 5. The maximum atomic E-state index is 12.2. The molecule has 0 unspecified atom stereocenters. The molecule has 142 valence electrons. The number of carbonyl (C=O) groups is 2. The normalized spacial score (nSPS) is 10.3. The van der Waals surface area contributed by atoms with Crippen molar-refractivity contribution in [3.8, 4) is 22.8 Å². The molecule has 2 amide bonds. The smallest absolute Gasteiger partial charge is 0.251 e. The number of nitrogens with one attached hydrogen (secondary N) is 1. The van der Waals surface area contributed by atoms with Crippen molar-refractivity contribution in [2.45, 2.75) is 0 Å². The molecule has 0 fully saturated rings. The van der Waals surface area contributed by atoms with Crippen LogP contribution in [0.25, 0.3) is 11.3 Å². The average molecular weight is 377 g/mol. The van der Waals surface area contributed by atoms with Gasteiger partial charge in [-0.15, -0.1) is 0 Å². The second kappa shape index (κ2) is 8.68. The zero-order valence-corrected chi connectivity index (χ0v) is 15.0. The van der Waals surface area contributed by atoms with Crippen molar-refractivity contribution in [3.63, 3.8) is 0 Å². The second-order valence-corrected chi connectivity index (χ2v) is 5.94. The summed E-state index contributed by atoms with van der Waals surface area (Å²) in [6.07, 6.45) is 1.72. The molecule has 1 aromatic heterocycles. The molecule has 0 spiro atoms. The van der Waals surface area contributed by atoms with E-state index in [-0.39, 0.29) is 36.1 Å². The third-order valence-corrected chi connectivity index (χ3v) is 4.00. The molecule has 28 heavy (non-hydrogen) atoms. The monoisotopic (exact) mass is 377 g/mol. The number of primary amides is 1. The number of nitrogens with zero attached hydrogens (tertiary/aromatic N) is 1. The van der Waals surface area contributed by atoms with Gasteiger partial charge in [0.05, 0.1) is 12.2 Å². The van der Waals surface area contributed by atoms with Gasteiger partial charge in [0.25, 0.3) is 5.91 Å². The summed E-state index contributed by atoms with van der Waals surface area (Å²) in [4.78, 5) is 27.5. The Morgan fingerprint density at radius 1 is 1.04 bits per heavy atom. The lowest BCUT2D eigenvalue weighted by Crippen LogP contribution is -2.28. The van der Waals surface area contributed by atoms with Gasteiger partial charge in [-0.25, -0.2) is 0 Å². The van der Waals surface area contributed by atoms with E-state index < -0.39 is 5.91 Å². The van der Waals surface area contributed by atoms with Gasteiger partial charge in [-0.3, -0.25) is 14.6 Å². The predicted molar refractivity (Wildman–Crippen MR) is 104 cm³/mol. The molecular weight excluding hydrogens is 358 g/mol. The number of phenolic OH excluding ortho intramolecular Hbond substituents is 1. The van der Waals surface area contributed by atoms with E-state index in [2.05, 4.69) is 10.3 Å². The van der Waals surface area contributed by atoms with E-state index in [1.54, 1.807) is 18.3 Å². The number of benzene rings is 2. The Morgan fingerprint density at radius 3 is 2.43 bits per heavy atom. The summed E-state index contributed by atoms with van der Waals surface area (Å²) < 4.78 is 5.41. The molecular formula is C21H19N3O4. The SMILES string of the molecule is NC(=O)c1ccc(OCCNC(=O)c2ccc(-c3ccccn3)cc2)c(O)c1. The molecule has 7 heteroatoms. The van der Waals surface area contributed by atoms with Crippen LogP contribution in [-0.2, 0) is 0 Å². The van der Waals surface area contributed by atoms with Crippen molar-refractivity contribution < 1.29 is 19.4 Å². The molecule has 2 aromatic carbocycles. The molecule has 3 rings (SSSR count). The van der Waals surface area contributed by atoms with Crippen LogP contribution in [0.15, 0.2) is 66.9 Å². The molecule has 4 N–H and O–H groups in total. The predicted octanol–water partition coefficient (Wildman–Crippen LogP) is 2.36. The second-order valence-electron chi connectivity index (χ2n) is 5.94. The number of ether oxygens (including phenoxy) is 1. The highest BCUT2D eigenvalue weighted by Crippen LogP contribution is 2.26. The summed E-state index contributed by atoms with van der Waals surface area (Å²) in [6.45, 7) is 0.402. The van der Waals surface area contributed by atoms with Gasteiger partial charge >= 0.3 is 0 Å². The van der Waals surface area contributed by atoms with Crippen LogP contribution in [-0.4, -0.2) is 35.1 Å². The molecule has 1 heterocycles. The number of amides is 2. The van der Waals surface area contributed by atoms with E-state index >= 15 is 0 Å². The van der Waals surface area contributed by atoms with Crippen molar-refractivity contribution in [2.24, 2.45) is 5.73 Å². The fourth-order valence-electron chi connectivity index (χ4n) is 2.55. The lowest BCUT2D eigenvalue weighted by atomic mass is 10.1. The topological polar surface area (TPSA) is 115 Å². The van der Waals surface area contributed by atoms with Crippen LogP contribution in [0, 0.1) is 0 Å². The first kappa shape index (κ1) is 18.9. The van der Waals surface area contributed by atoms with Crippen LogP contribution in [0.4, 0.5) is 0 Å². The summed E-state index contributed by atoms with van der Waals surface area (Å²) in [5.41, 5.74) is 7.62. The summed E-state index contributed by atoms with van der Waals surface area (Å²) in [5.74, 6) is -0.848. The Kier molecular flexibility index (Phi) is 5.86. The van der Waals surface area contributed by atoms with Crippen LogP contribution in [0.5, 0.6) is 11.5 Å². The number of hydrogen-bond donors (Lipinski definition) is 3. The molecule has 0 aliphatic carbocycles. The number of aromatic nitrogens is 1. The fraction of sp³-hybridized carbons (Fsp3) is 0.0952. The third kappa shape index (κ3) is 4.64. The largest absolute Gasteiger partial charge is 0.504 e. The van der Waals surface area contributed by atoms with Crippen LogP contribution < -0.4 is 15.8 Å². The minimum absolute atomic E-state index is 0.154. The summed E-state index contributed by atoms with van der Waals surface area (Å²) in [6, 6.07) is 16.9. The lowest BCUT2D eigenvalue weighted by molar-refractivity contribution is 0.0945. The number of nitrogens with two attached hydrogens (primary N) is 1. The average Bonchev–Trinajstić information content (AvgIpc) is 2.72. The molecule has 0 aliphatic rings. The number of phenols is 1. The van der Waals surface area contributed by atoms with Gasteiger partial charge in [0.15, 0.2) is 11.5 Å². The Hall–Kier alpha value is -3.87. The molecule has 0 bridgehead atoms. The quantitative estimate of drug-likeness (QED) is 0.547. The zero-order chi connectivity index (χ0) is 19.9. The third-order valence-electron chi connectivity index (χ3n) is 4.00. The number of pyridine rings is 1. The van der Waals surface area contributed by atoms with Crippen molar-refractivity contribution in [1.82, 2.24) is 10.3 Å². The van der Waals surface area contributed by atoms with E-state index in [4.69, 9.17) is 10.5 Å². The molecule has 0 aliphatic heterocycles. The van der Waals surface area contributed by atoms with E-state index in [1.807, 2.05) is 30.3 Å². The van der Waals surface area contributed by atoms with Gasteiger partial charge in [0.1, 0.15) is 6.61 Å². The minimum Gasteiger partial charge on any atom is -0.504 e. The maximum absolute atomic E-state index is 12.2. The standard InChI is InChI=1S/C21H19N3O4/c22-20(26)16-8-9-19(18(25)13-16)28-12-11-24-21(27)15-6-4-14(5-7-15)17-3-1-2-10-23-17/h1-10,13,25H,11-12H2,(H2,22,26)(H,24,27). The fourth-order valence-corrected chi connectivity index (χ4v) is 2.55. The first-order valence-corrected chi connectivity index (χ1v) is 8.60. The van der Waals surface area contributed by atoms with Crippen LogP contribution in [0.1, 0.15) is 20.7 Å². The summed E-state index contributed by atoms with van der Waals surface area (Å²) >= 11 is 0. The van der Waals surface area contributed by atoms with Crippen molar-refractivity contribution >= 4 is 11.8 Å². The molecule has 0 radical (unpaired) electrons. The molecule has 0 saturated heterocycles. The highest BCUT2D eigenvalue weighted by atomic mass is 16.5. The molecule has 7 nitrogen and oxygen atoms in total. The van der Waals surface area contributed by atoms with Gasteiger partial charge < -0.3 is 20.9 Å². The van der Waals surface area contributed by atoms with Gasteiger partial charge in [0.2, 0.25) is 5.91 Å². The number of aromatic hydroxyl groups is 1. The Balaban J connectivity index is 1.50. The van der Waals surface area contributed by atoms with Gasteiger partial charge in [0, 0.05) is 22.9 Å². The number of carbonyl (C=O) groups excluding carboxylic acids is 2. The van der Waals surface area contributed by atoms with Gasteiger partial charge in [-0.2, -0.15) is 0 Å². The van der Waals surface area contributed by atoms with E-state index in [0.29, 0.717) is 5.56 Å². The van der Waals surface area contributed by atoms with E-state index in [1.165, 1.54) is 18.2 Å². The first-order chi connectivity index (χ1) is 13.5. The van der Waals surface area contributed by atoms with Crippen LogP contribution in [0.3, 0.4) is 0 Å². The van der Waals surface area contributed by atoms with Crippen molar-refractivity contribution in [3.05, 3.63) is 78.0 Å². The van der Waals surface area contributed by atoms with Crippen LogP contribution >= 0.6 is 0 Å².